The van der Waals surface area contributed by atoms with Crippen LogP contribution in [0, 0.1) is 13.8 Å². The second kappa shape index (κ2) is 4.32. The van der Waals surface area contributed by atoms with Crippen molar-refractivity contribution in [3.05, 3.63) is 27.2 Å². The zero-order valence-electron chi connectivity index (χ0n) is 8.63. The Bertz CT molecular complexity index is 348. The van der Waals surface area contributed by atoms with Crippen LogP contribution < -0.4 is 0 Å². The summed E-state index contributed by atoms with van der Waals surface area (Å²) in [5.74, 6) is 0.209. The first kappa shape index (κ1) is 11.5. The molecule has 14 heavy (non-hydrogen) atoms. The van der Waals surface area contributed by atoms with Crippen molar-refractivity contribution in [2.45, 2.75) is 26.7 Å². The zero-order valence-corrected chi connectivity index (χ0v) is 10.2. The van der Waals surface area contributed by atoms with Crippen molar-refractivity contribution in [3.63, 3.8) is 0 Å². The summed E-state index contributed by atoms with van der Waals surface area (Å²) in [4.78, 5) is 0. The third kappa shape index (κ3) is 1.93. The van der Waals surface area contributed by atoms with Crippen molar-refractivity contribution >= 4 is 15.9 Å². The van der Waals surface area contributed by atoms with Gasteiger partial charge in [0.15, 0.2) is 0 Å². The average molecular weight is 259 g/mol. The topological polar surface area (TPSA) is 40.5 Å². The number of hydrogen-bond donors (Lipinski definition) is 2. The Labute approximate surface area is 92.7 Å². The summed E-state index contributed by atoms with van der Waals surface area (Å²) in [7, 11) is 0. The molecule has 1 atom stereocenters. The number of rotatable bonds is 2. The summed E-state index contributed by atoms with van der Waals surface area (Å²) in [6, 6.07) is 1.93. The van der Waals surface area contributed by atoms with Crippen molar-refractivity contribution in [1.29, 1.82) is 0 Å². The van der Waals surface area contributed by atoms with E-state index in [1.165, 1.54) is 0 Å². The summed E-state index contributed by atoms with van der Waals surface area (Å²) in [5.41, 5.74) is 2.95. The summed E-state index contributed by atoms with van der Waals surface area (Å²) in [6.07, 6.45) is 0. The van der Waals surface area contributed by atoms with Gasteiger partial charge in [0.2, 0.25) is 0 Å². The Kier molecular flexibility index (Phi) is 3.56. The molecule has 1 aromatic rings. The van der Waals surface area contributed by atoms with Gasteiger partial charge in [-0.15, -0.1) is 0 Å². The normalized spacial score (nSPS) is 12.9. The molecule has 3 heteroatoms. The van der Waals surface area contributed by atoms with Gasteiger partial charge in [-0.1, -0.05) is 13.0 Å². The molecule has 0 bridgehead atoms. The van der Waals surface area contributed by atoms with Crippen LogP contribution in [0.15, 0.2) is 10.5 Å². The van der Waals surface area contributed by atoms with Crippen molar-refractivity contribution in [2.24, 2.45) is 0 Å². The second-order valence-electron chi connectivity index (χ2n) is 3.65. The van der Waals surface area contributed by atoms with E-state index in [0.29, 0.717) is 0 Å². The maximum Gasteiger partial charge on any atom is 0.133 e. The Morgan fingerprint density at radius 3 is 2.50 bits per heavy atom. The molecule has 0 spiro atoms. The maximum atomic E-state index is 9.85. The van der Waals surface area contributed by atoms with Crippen molar-refractivity contribution < 1.29 is 10.2 Å². The third-order valence-electron chi connectivity index (χ3n) is 2.58. The fraction of sp³-hybridized carbons (Fsp3) is 0.455. The number of benzene rings is 1. The number of aliphatic hydroxyl groups excluding tert-OH is 1. The molecule has 78 valence electrons. The molecular formula is C11H15BrO2. The van der Waals surface area contributed by atoms with E-state index in [1.54, 1.807) is 0 Å². The molecule has 0 fully saturated rings. The largest absolute Gasteiger partial charge is 0.506 e. The van der Waals surface area contributed by atoms with Crippen molar-refractivity contribution in [3.8, 4) is 5.75 Å². The lowest BCUT2D eigenvalue weighted by Crippen LogP contribution is -2.01. The Morgan fingerprint density at radius 1 is 1.43 bits per heavy atom. The van der Waals surface area contributed by atoms with Crippen LogP contribution in [-0.2, 0) is 0 Å². The first-order valence-corrected chi connectivity index (χ1v) is 5.37. The van der Waals surface area contributed by atoms with Crippen LogP contribution in [0.2, 0.25) is 0 Å². The lowest BCUT2D eigenvalue weighted by Gasteiger charge is -2.15. The minimum atomic E-state index is -0.0365. The summed E-state index contributed by atoms with van der Waals surface area (Å²) >= 11 is 3.35. The highest BCUT2D eigenvalue weighted by atomic mass is 79.9. The fourth-order valence-corrected chi connectivity index (χ4v) is 1.90. The van der Waals surface area contributed by atoms with Gasteiger partial charge in [-0.25, -0.2) is 0 Å². The van der Waals surface area contributed by atoms with Crippen LogP contribution in [0.3, 0.4) is 0 Å². The predicted molar refractivity (Wildman–Crippen MR) is 60.8 cm³/mol. The van der Waals surface area contributed by atoms with Gasteiger partial charge in [-0.05, 0) is 40.9 Å². The molecule has 0 saturated carbocycles. The molecule has 0 aromatic heterocycles. The van der Waals surface area contributed by atoms with E-state index in [4.69, 9.17) is 5.11 Å². The highest BCUT2D eigenvalue weighted by Gasteiger charge is 2.15. The molecule has 0 heterocycles. The third-order valence-corrected chi connectivity index (χ3v) is 3.55. The van der Waals surface area contributed by atoms with Gasteiger partial charge in [0.05, 0.1) is 4.47 Å². The van der Waals surface area contributed by atoms with E-state index in [-0.39, 0.29) is 18.3 Å². The van der Waals surface area contributed by atoms with Gasteiger partial charge >= 0.3 is 0 Å². The highest BCUT2D eigenvalue weighted by molar-refractivity contribution is 9.10. The predicted octanol–water partition coefficient (Wildman–Crippen LogP) is 2.87. The van der Waals surface area contributed by atoms with Gasteiger partial charge in [0.1, 0.15) is 5.75 Å². The van der Waals surface area contributed by atoms with Crippen LogP contribution in [0.5, 0.6) is 5.75 Å². The quantitative estimate of drug-likeness (QED) is 0.857. The van der Waals surface area contributed by atoms with Crippen LogP contribution in [-0.4, -0.2) is 16.8 Å². The summed E-state index contributed by atoms with van der Waals surface area (Å²) < 4.78 is 0.729. The van der Waals surface area contributed by atoms with Gasteiger partial charge < -0.3 is 10.2 Å². The summed E-state index contributed by atoms with van der Waals surface area (Å²) in [5, 5.41) is 18.9. The number of phenolic OH excluding ortho intramolecular Hbond substituents is 1. The minimum absolute atomic E-state index is 0.0365. The Hall–Kier alpha value is -0.540. The minimum Gasteiger partial charge on any atom is -0.506 e. The molecule has 2 nitrogen and oxygen atoms in total. The molecule has 1 rings (SSSR count). The standard InChI is InChI=1S/C11H15BrO2/c1-6-4-9(7(2)5-13)11(14)10(12)8(6)3/h4,7,13-14H,5H2,1-3H3. The van der Waals surface area contributed by atoms with E-state index in [2.05, 4.69) is 15.9 Å². The average Bonchev–Trinajstić information content (AvgIpc) is 2.19. The monoisotopic (exact) mass is 258 g/mol. The van der Waals surface area contributed by atoms with E-state index in [1.807, 2.05) is 26.8 Å². The van der Waals surface area contributed by atoms with Crippen molar-refractivity contribution in [1.82, 2.24) is 0 Å². The second-order valence-corrected chi connectivity index (χ2v) is 4.45. The van der Waals surface area contributed by atoms with Crippen LogP contribution >= 0.6 is 15.9 Å². The number of phenols is 1. The van der Waals surface area contributed by atoms with Gasteiger partial charge in [0.25, 0.3) is 0 Å². The number of aryl methyl sites for hydroxylation is 1. The molecule has 0 saturated heterocycles. The molecule has 0 aliphatic carbocycles. The van der Waals surface area contributed by atoms with Crippen molar-refractivity contribution in [2.75, 3.05) is 6.61 Å². The number of hydrogen-bond acceptors (Lipinski definition) is 2. The smallest absolute Gasteiger partial charge is 0.133 e. The maximum absolute atomic E-state index is 9.85. The highest BCUT2D eigenvalue weighted by Crippen LogP contribution is 2.36. The number of aliphatic hydroxyl groups is 1. The Morgan fingerprint density at radius 2 is 2.00 bits per heavy atom. The molecule has 0 amide bonds. The van der Waals surface area contributed by atoms with Crippen LogP contribution in [0.1, 0.15) is 29.5 Å². The SMILES string of the molecule is Cc1cc(C(C)CO)c(O)c(Br)c1C. The van der Waals surface area contributed by atoms with Gasteiger partial charge in [0, 0.05) is 18.1 Å². The molecule has 0 aliphatic heterocycles. The van der Waals surface area contributed by atoms with Crippen LogP contribution in [0.4, 0.5) is 0 Å². The van der Waals surface area contributed by atoms with E-state index >= 15 is 0 Å². The summed E-state index contributed by atoms with van der Waals surface area (Å²) in [6.45, 7) is 5.87. The molecule has 1 unspecified atom stereocenters. The lowest BCUT2D eigenvalue weighted by atomic mass is 9.96. The van der Waals surface area contributed by atoms with E-state index < -0.39 is 0 Å². The number of halogens is 1. The first-order chi connectivity index (χ1) is 6.49. The van der Waals surface area contributed by atoms with Gasteiger partial charge in [-0.2, -0.15) is 0 Å². The number of aromatic hydroxyl groups is 1. The van der Waals surface area contributed by atoms with Crippen LogP contribution in [0.25, 0.3) is 0 Å². The van der Waals surface area contributed by atoms with Gasteiger partial charge in [-0.3, -0.25) is 0 Å². The zero-order chi connectivity index (χ0) is 10.9. The van der Waals surface area contributed by atoms with E-state index in [9.17, 15) is 5.11 Å². The Balaban J connectivity index is 3.33. The fourth-order valence-electron chi connectivity index (χ4n) is 1.36. The molecule has 2 N–H and O–H groups in total. The first-order valence-electron chi connectivity index (χ1n) is 4.58. The van der Waals surface area contributed by atoms with E-state index in [0.717, 1.165) is 21.2 Å². The molecule has 0 aliphatic rings. The molecule has 0 radical (unpaired) electrons. The molecule has 1 aromatic carbocycles. The molecular weight excluding hydrogens is 244 g/mol. The lowest BCUT2D eigenvalue weighted by molar-refractivity contribution is 0.270.